The Bertz CT molecular complexity index is 681. The van der Waals surface area contributed by atoms with E-state index in [0.29, 0.717) is 18.7 Å². The largest absolute Gasteiger partial charge is 0.487 e. The van der Waals surface area contributed by atoms with Crippen molar-refractivity contribution in [1.82, 2.24) is 10.3 Å². The van der Waals surface area contributed by atoms with E-state index in [4.69, 9.17) is 4.74 Å². The van der Waals surface area contributed by atoms with Gasteiger partial charge in [-0.2, -0.15) is 0 Å². The number of nitrogens with one attached hydrogen (secondary N) is 1. The predicted octanol–water partition coefficient (Wildman–Crippen LogP) is 3.57. The maximum absolute atomic E-state index is 5.85. The zero-order valence-corrected chi connectivity index (χ0v) is 12.5. The molecule has 2 atom stereocenters. The van der Waals surface area contributed by atoms with Crippen LogP contribution in [0.3, 0.4) is 0 Å². The second kappa shape index (κ2) is 5.93. The molecule has 3 heterocycles. The fraction of sp³-hybridized carbons (Fsp3) is 0.316. The predicted molar refractivity (Wildman–Crippen MR) is 87.6 cm³/mol. The lowest BCUT2D eigenvalue weighted by Gasteiger charge is -2.11. The third-order valence-electron chi connectivity index (χ3n) is 4.51. The van der Waals surface area contributed by atoms with Crippen LogP contribution in [0.4, 0.5) is 0 Å². The Morgan fingerprint density at radius 1 is 1.18 bits per heavy atom. The molecule has 2 fully saturated rings. The number of nitrogens with zero attached hydrogens (tertiary/aromatic N) is 1. The van der Waals surface area contributed by atoms with Gasteiger partial charge in [0.1, 0.15) is 12.4 Å². The molecule has 2 unspecified atom stereocenters. The molecule has 2 bridgehead atoms. The van der Waals surface area contributed by atoms with Gasteiger partial charge in [-0.25, -0.2) is 0 Å². The minimum atomic E-state index is 0.578. The monoisotopic (exact) mass is 292 g/mol. The molecule has 0 aliphatic carbocycles. The van der Waals surface area contributed by atoms with Crippen LogP contribution in [-0.4, -0.2) is 17.1 Å². The lowest BCUT2D eigenvalue weighted by atomic mass is 9.93. The Morgan fingerprint density at radius 2 is 2.09 bits per heavy atom. The molecular formula is C19H20N2O. The molecule has 1 aromatic heterocycles. The van der Waals surface area contributed by atoms with Crippen LogP contribution < -0.4 is 10.1 Å². The molecule has 4 rings (SSSR count). The molecule has 2 saturated heterocycles. The van der Waals surface area contributed by atoms with Crippen LogP contribution in [0.2, 0.25) is 0 Å². The van der Waals surface area contributed by atoms with E-state index in [1.54, 1.807) is 6.20 Å². The van der Waals surface area contributed by atoms with Gasteiger partial charge in [-0.15, -0.1) is 0 Å². The molecule has 2 aliphatic heterocycles. The maximum Gasteiger partial charge on any atom is 0.138 e. The van der Waals surface area contributed by atoms with Crippen molar-refractivity contribution in [2.45, 2.75) is 38.0 Å². The minimum absolute atomic E-state index is 0.578. The Balaban J connectivity index is 1.45. The quantitative estimate of drug-likeness (QED) is 0.935. The molecule has 0 radical (unpaired) electrons. The van der Waals surface area contributed by atoms with Crippen molar-refractivity contribution in [1.29, 1.82) is 0 Å². The summed E-state index contributed by atoms with van der Waals surface area (Å²) in [4.78, 5) is 4.31. The van der Waals surface area contributed by atoms with Crippen LogP contribution in [0.25, 0.3) is 6.08 Å². The Kier molecular flexibility index (Phi) is 3.65. The maximum atomic E-state index is 5.85. The normalized spacial score (nSPS) is 24.8. The Hall–Kier alpha value is -2.13. The van der Waals surface area contributed by atoms with Crippen molar-refractivity contribution in [3.8, 4) is 5.75 Å². The highest BCUT2D eigenvalue weighted by atomic mass is 16.5. The number of aromatic nitrogens is 1. The highest BCUT2D eigenvalue weighted by Gasteiger charge is 2.34. The third kappa shape index (κ3) is 2.90. The van der Waals surface area contributed by atoms with Crippen LogP contribution in [0.15, 0.2) is 54.4 Å². The summed E-state index contributed by atoms with van der Waals surface area (Å²) in [5, 5.41) is 3.64. The summed E-state index contributed by atoms with van der Waals surface area (Å²) in [5.74, 6) is 0.828. The number of pyridine rings is 1. The van der Waals surface area contributed by atoms with Gasteiger partial charge in [0, 0.05) is 18.3 Å². The first-order chi connectivity index (χ1) is 10.9. The van der Waals surface area contributed by atoms with Gasteiger partial charge < -0.3 is 10.1 Å². The van der Waals surface area contributed by atoms with Gasteiger partial charge in [0.15, 0.2) is 0 Å². The molecule has 112 valence electrons. The fourth-order valence-electron chi connectivity index (χ4n) is 3.41. The fourth-order valence-corrected chi connectivity index (χ4v) is 3.41. The lowest BCUT2D eigenvalue weighted by Crippen LogP contribution is -2.18. The summed E-state index contributed by atoms with van der Waals surface area (Å²) in [5.41, 5.74) is 3.82. The number of fused-ring (bicyclic) bond motifs is 2. The molecule has 2 aromatic rings. The van der Waals surface area contributed by atoms with E-state index in [1.807, 2.05) is 24.4 Å². The lowest BCUT2D eigenvalue weighted by molar-refractivity contribution is 0.305. The van der Waals surface area contributed by atoms with E-state index in [9.17, 15) is 0 Å². The first-order valence-electron chi connectivity index (χ1n) is 7.95. The molecule has 0 spiro atoms. The molecule has 3 nitrogen and oxygen atoms in total. The highest BCUT2D eigenvalue weighted by molar-refractivity contribution is 5.56. The van der Waals surface area contributed by atoms with Crippen LogP contribution in [-0.2, 0) is 6.61 Å². The number of benzene rings is 1. The van der Waals surface area contributed by atoms with Crippen LogP contribution in [0.1, 0.15) is 30.4 Å². The summed E-state index contributed by atoms with van der Waals surface area (Å²) in [7, 11) is 0. The van der Waals surface area contributed by atoms with Crippen molar-refractivity contribution in [3.05, 3.63) is 65.5 Å². The van der Waals surface area contributed by atoms with E-state index in [-0.39, 0.29) is 0 Å². The molecule has 1 aromatic carbocycles. The van der Waals surface area contributed by atoms with E-state index in [2.05, 4.69) is 34.6 Å². The summed E-state index contributed by atoms with van der Waals surface area (Å²) in [6.07, 6.45) is 9.74. The minimum Gasteiger partial charge on any atom is -0.487 e. The van der Waals surface area contributed by atoms with Crippen molar-refractivity contribution in [2.75, 3.05) is 0 Å². The van der Waals surface area contributed by atoms with Crippen molar-refractivity contribution in [2.24, 2.45) is 0 Å². The van der Waals surface area contributed by atoms with E-state index < -0.39 is 0 Å². The average Bonchev–Trinajstić information content (AvgIpc) is 3.17. The second-order valence-electron chi connectivity index (χ2n) is 6.15. The number of rotatable bonds is 4. The van der Waals surface area contributed by atoms with Crippen LogP contribution in [0, 0.1) is 0 Å². The van der Waals surface area contributed by atoms with Crippen molar-refractivity contribution >= 4 is 6.08 Å². The average molecular weight is 292 g/mol. The summed E-state index contributed by atoms with van der Waals surface area (Å²) < 4.78 is 5.85. The van der Waals surface area contributed by atoms with Gasteiger partial charge in [0.25, 0.3) is 0 Å². The summed E-state index contributed by atoms with van der Waals surface area (Å²) >= 11 is 0. The first kappa shape index (κ1) is 13.5. The number of hydrogen-bond donors (Lipinski definition) is 1. The van der Waals surface area contributed by atoms with Crippen LogP contribution >= 0.6 is 0 Å². The van der Waals surface area contributed by atoms with E-state index in [1.165, 1.54) is 30.4 Å². The molecule has 0 amide bonds. The smallest absolute Gasteiger partial charge is 0.138 e. The Labute approximate surface area is 131 Å². The molecule has 0 saturated carbocycles. The molecule has 22 heavy (non-hydrogen) atoms. The molecule has 2 aliphatic rings. The summed E-state index contributed by atoms with van der Waals surface area (Å²) in [6.45, 7) is 0.578. The second-order valence-corrected chi connectivity index (χ2v) is 6.15. The van der Waals surface area contributed by atoms with Gasteiger partial charge in [-0.1, -0.05) is 42.0 Å². The molecule has 3 heteroatoms. The standard InChI is InChI=1S/C19H20N2O/c1-2-4-14(5-3-1)13-22-18-9-15(11-20-12-18)8-16-10-17-6-7-19(16)21-17/h1-5,8-9,11-12,17,19,21H,6-7,10,13H2/b16-8+. The first-order valence-corrected chi connectivity index (χ1v) is 7.95. The van der Waals surface area contributed by atoms with E-state index in [0.717, 1.165) is 11.3 Å². The Morgan fingerprint density at radius 3 is 2.86 bits per heavy atom. The SMILES string of the molecule is C(=C1/CC2CCC1N2)/c1cncc(OCc2ccccc2)c1. The van der Waals surface area contributed by atoms with Gasteiger partial charge in [-0.05, 0) is 36.5 Å². The van der Waals surface area contributed by atoms with Gasteiger partial charge in [-0.3, -0.25) is 4.98 Å². The van der Waals surface area contributed by atoms with Gasteiger partial charge in [0.05, 0.1) is 6.20 Å². The zero-order chi connectivity index (χ0) is 14.8. The van der Waals surface area contributed by atoms with Crippen molar-refractivity contribution < 1.29 is 4.74 Å². The molecule has 1 N–H and O–H groups in total. The van der Waals surface area contributed by atoms with Crippen LogP contribution in [0.5, 0.6) is 5.75 Å². The van der Waals surface area contributed by atoms with Gasteiger partial charge in [0.2, 0.25) is 0 Å². The number of hydrogen-bond acceptors (Lipinski definition) is 3. The van der Waals surface area contributed by atoms with Crippen molar-refractivity contribution in [3.63, 3.8) is 0 Å². The number of ether oxygens (including phenoxy) is 1. The van der Waals surface area contributed by atoms with E-state index >= 15 is 0 Å². The highest BCUT2D eigenvalue weighted by Crippen LogP contribution is 2.34. The third-order valence-corrected chi connectivity index (χ3v) is 4.51. The van der Waals surface area contributed by atoms with Gasteiger partial charge >= 0.3 is 0 Å². The summed E-state index contributed by atoms with van der Waals surface area (Å²) in [6, 6.07) is 13.6. The molecular weight excluding hydrogens is 272 g/mol. The topological polar surface area (TPSA) is 34.2 Å². The zero-order valence-electron chi connectivity index (χ0n) is 12.5.